The molecule has 0 unspecified atom stereocenters. The van der Waals surface area contributed by atoms with Gasteiger partial charge < -0.3 is 14.8 Å². The molecule has 0 radical (unpaired) electrons. The number of benzene rings is 2. The van der Waals surface area contributed by atoms with Crippen LogP contribution in [0.5, 0.6) is 11.5 Å². The molecule has 0 fully saturated rings. The Morgan fingerprint density at radius 1 is 1.10 bits per heavy atom. The Morgan fingerprint density at radius 3 is 2.53 bits per heavy atom. The van der Waals surface area contributed by atoms with Gasteiger partial charge in [-0.25, -0.2) is 13.4 Å². The lowest BCUT2D eigenvalue weighted by Crippen LogP contribution is -2.18. The lowest BCUT2D eigenvalue weighted by atomic mass is 10.1. The fraction of sp³-hybridized carbons (Fsp3) is 0.238. The summed E-state index contributed by atoms with van der Waals surface area (Å²) < 4.78 is 36.0. The monoisotopic (exact) mass is 444 g/mol. The Morgan fingerprint density at radius 2 is 1.83 bits per heavy atom. The van der Waals surface area contributed by atoms with Gasteiger partial charge in [0.2, 0.25) is 5.91 Å². The maximum atomic E-state index is 12.6. The Bertz CT molecular complexity index is 1170. The molecule has 1 aromatic heterocycles. The van der Waals surface area contributed by atoms with Gasteiger partial charge in [-0.1, -0.05) is 12.1 Å². The van der Waals surface area contributed by atoms with E-state index < -0.39 is 9.84 Å². The van der Waals surface area contributed by atoms with E-state index in [4.69, 9.17) is 9.47 Å². The fourth-order valence-corrected chi connectivity index (χ4v) is 4.88. The number of carbonyl (C=O) groups is 1. The van der Waals surface area contributed by atoms with Gasteiger partial charge >= 0.3 is 0 Å². The third-order valence-electron chi connectivity index (χ3n) is 4.55. The first-order chi connectivity index (χ1) is 14.4. The molecule has 0 bridgehead atoms. The van der Waals surface area contributed by atoms with E-state index in [1.807, 2.05) is 24.4 Å². The van der Waals surface area contributed by atoms with Crippen LogP contribution in [0.3, 0.4) is 0 Å². The van der Waals surface area contributed by atoms with Gasteiger partial charge in [-0.2, -0.15) is 0 Å². The van der Waals surface area contributed by atoms with E-state index in [0.717, 1.165) is 16.3 Å². The molecule has 1 aliphatic rings. The molecular weight excluding hydrogens is 424 g/mol. The summed E-state index contributed by atoms with van der Waals surface area (Å²) in [4.78, 5) is 16.8. The van der Waals surface area contributed by atoms with Crippen LogP contribution in [0, 0.1) is 6.92 Å². The van der Waals surface area contributed by atoms with E-state index in [1.54, 1.807) is 29.5 Å². The number of aryl methyl sites for hydroxylation is 1. The number of rotatable bonds is 6. The summed E-state index contributed by atoms with van der Waals surface area (Å²) in [6.45, 7) is 2.76. The molecule has 0 saturated carbocycles. The Labute approximate surface area is 178 Å². The molecule has 0 aliphatic carbocycles. The SMILES string of the molecule is Cc1nc(-c2ccc(NC(=O)CCS(=O)(=O)c3ccc4c(c3)OCCO4)cc2)cs1. The highest BCUT2D eigenvalue weighted by Crippen LogP contribution is 2.32. The first-order valence-electron chi connectivity index (χ1n) is 9.35. The normalized spacial score (nSPS) is 13.1. The number of carbonyl (C=O) groups excluding carboxylic acids is 1. The van der Waals surface area contributed by atoms with E-state index in [-0.39, 0.29) is 23.0 Å². The quantitative estimate of drug-likeness (QED) is 0.623. The summed E-state index contributed by atoms with van der Waals surface area (Å²) in [6.07, 6.45) is -0.149. The standard InChI is InChI=1S/C21H20N2O5S2/c1-14-22-18(13-29-14)15-2-4-16(5-3-15)23-21(24)8-11-30(25,26)17-6-7-19-20(12-17)28-10-9-27-19/h2-7,12-13H,8-11H2,1H3,(H,23,24). The predicted molar refractivity (Wildman–Crippen MR) is 115 cm³/mol. The van der Waals surface area contributed by atoms with Crippen molar-refractivity contribution < 1.29 is 22.7 Å². The van der Waals surface area contributed by atoms with Crippen LogP contribution in [-0.4, -0.2) is 38.3 Å². The highest BCUT2D eigenvalue weighted by atomic mass is 32.2. The molecule has 30 heavy (non-hydrogen) atoms. The van der Waals surface area contributed by atoms with Crippen molar-refractivity contribution in [1.82, 2.24) is 4.98 Å². The molecule has 1 amide bonds. The summed E-state index contributed by atoms with van der Waals surface area (Å²) in [6, 6.07) is 11.8. The third-order valence-corrected chi connectivity index (χ3v) is 7.04. The minimum Gasteiger partial charge on any atom is -0.486 e. The highest BCUT2D eigenvalue weighted by molar-refractivity contribution is 7.91. The molecular formula is C21H20N2O5S2. The number of anilines is 1. The van der Waals surface area contributed by atoms with Gasteiger partial charge in [0.05, 0.1) is 21.3 Å². The molecule has 2 aromatic carbocycles. The van der Waals surface area contributed by atoms with E-state index in [0.29, 0.717) is 30.4 Å². The second kappa shape index (κ2) is 8.45. The van der Waals surface area contributed by atoms with Gasteiger partial charge in [-0.3, -0.25) is 4.79 Å². The third kappa shape index (κ3) is 4.63. The van der Waals surface area contributed by atoms with Gasteiger partial charge in [-0.15, -0.1) is 11.3 Å². The minimum atomic E-state index is -3.63. The van der Waals surface area contributed by atoms with Crippen molar-refractivity contribution in [2.45, 2.75) is 18.2 Å². The lowest BCUT2D eigenvalue weighted by molar-refractivity contribution is -0.115. The first-order valence-corrected chi connectivity index (χ1v) is 11.9. The van der Waals surface area contributed by atoms with Crippen LogP contribution in [0.15, 0.2) is 52.7 Å². The molecule has 3 aromatic rings. The molecule has 156 valence electrons. The molecule has 4 rings (SSSR count). The zero-order valence-corrected chi connectivity index (χ0v) is 17.9. The fourth-order valence-electron chi connectivity index (χ4n) is 3.01. The number of hydrogen-bond acceptors (Lipinski definition) is 7. The van der Waals surface area contributed by atoms with E-state index in [9.17, 15) is 13.2 Å². The largest absolute Gasteiger partial charge is 0.486 e. The zero-order valence-electron chi connectivity index (χ0n) is 16.3. The number of hydrogen-bond donors (Lipinski definition) is 1. The summed E-state index contributed by atoms with van der Waals surface area (Å²) in [7, 11) is -3.63. The van der Waals surface area contributed by atoms with Crippen LogP contribution in [0.4, 0.5) is 5.69 Å². The minimum absolute atomic E-state index is 0.113. The second-order valence-electron chi connectivity index (χ2n) is 6.75. The summed E-state index contributed by atoms with van der Waals surface area (Å²) in [5.74, 6) is 0.263. The number of fused-ring (bicyclic) bond motifs is 1. The molecule has 0 spiro atoms. The van der Waals surface area contributed by atoms with Crippen LogP contribution >= 0.6 is 11.3 Å². The molecule has 9 heteroatoms. The maximum absolute atomic E-state index is 12.6. The van der Waals surface area contributed by atoms with Crippen LogP contribution in [0.2, 0.25) is 0 Å². The molecule has 2 heterocycles. The van der Waals surface area contributed by atoms with Crippen LogP contribution < -0.4 is 14.8 Å². The van der Waals surface area contributed by atoms with E-state index in [2.05, 4.69) is 10.3 Å². The molecule has 1 N–H and O–H groups in total. The van der Waals surface area contributed by atoms with Crippen LogP contribution in [-0.2, 0) is 14.6 Å². The maximum Gasteiger partial charge on any atom is 0.225 e. The summed E-state index contributed by atoms with van der Waals surface area (Å²) in [5, 5.41) is 5.70. The number of amides is 1. The Balaban J connectivity index is 1.36. The van der Waals surface area contributed by atoms with Gasteiger partial charge in [0.15, 0.2) is 21.3 Å². The first kappa shape index (κ1) is 20.4. The highest BCUT2D eigenvalue weighted by Gasteiger charge is 2.20. The van der Waals surface area contributed by atoms with Gasteiger partial charge in [0.25, 0.3) is 0 Å². The van der Waals surface area contributed by atoms with E-state index >= 15 is 0 Å². The average Bonchev–Trinajstić information content (AvgIpc) is 3.19. The van der Waals surface area contributed by atoms with Crippen molar-refractivity contribution in [3.63, 3.8) is 0 Å². The topological polar surface area (TPSA) is 94.6 Å². The van der Waals surface area contributed by atoms with Crippen molar-refractivity contribution in [2.75, 3.05) is 24.3 Å². The number of thiazole rings is 1. The van der Waals surface area contributed by atoms with Crippen LogP contribution in [0.25, 0.3) is 11.3 Å². The summed E-state index contributed by atoms with van der Waals surface area (Å²) >= 11 is 1.58. The van der Waals surface area contributed by atoms with E-state index in [1.165, 1.54) is 12.1 Å². The Hall–Kier alpha value is -2.91. The number of nitrogens with zero attached hydrogens (tertiary/aromatic N) is 1. The smallest absolute Gasteiger partial charge is 0.225 e. The number of ether oxygens (including phenoxy) is 2. The lowest BCUT2D eigenvalue weighted by Gasteiger charge is -2.18. The van der Waals surface area contributed by atoms with Crippen molar-refractivity contribution in [2.24, 2.45) is 0 Å². The van der Waals surface area contributed by atoms with Crippen molar-refractivity contribution in [1.29, 1.82) is 0 Å². The van der Waals surface area contributed by atoms with Gasteiger partial charge in [0.1, 0.15) is 13.2 Å². The molecule has 0 atom stereocenters. The van der Waals surface area contributed by atoms with Crippen LogP contribution in [0.1, 0.15) is 11.4 Å². The Kier molecular flexibility index (Phi) is 5.74. The number of aromatic nitrogens is 1. The number of sulfone groups is 1. The molecule has 0 saturated heterocycles. The predicted octanol–water partition coefficient (Wildman–Crippen LogP) is 3.69. The second-order valence-corrected chi connectivity index (χ2v) is 9.92. The summed E-state index contributed by atoms with van der Waals surface area (Å²) in [5.41, 5.74) is 2.45. The molecule has 1 aliphatic heterocycles. The van der Waals surface area contributed by atoms with Gasteiger partial charge in [-0.05, 0) is 31.2 Å². The average molecular weight is 445 g/mol. The van der Waals surface area contributed by atoms with Crippen molar-refractivity contribution in [3.05, 3.63) is 52.9 Å². The number of nitrogens with one attached hydrogen (secondary N) is 1. The van der Waals surface area contributed by atoms with Crippen molar-refractivity contribution in [3.8, 4) is 22.8 Å². The van der Waals surface area contributed by atoms with Gasteiger partial charge in [0, 0.05) is 29.1 Å². The van der Waals surface area contributed by atoms with Crippen molar-refractivity contribution >= 4 is 32.8 Å². The molecule has 7 nitrogen and oxygen atoms in total. The zero-order chi connectivity index (χ0) is 21.1.